The molecule has 11 heavy (non-hydrogen) atoms. The molecule has 0 aromatic carbocycles. The van der Waals surface area contributed by atoms with Gasteiger partial charge in [0, 0.05) is 10.6 Å². The second-order valence-corrected chi connectivity index (χ2v) is 3.33. The fourth-order valence-corrected chi connectivity index (χ4v) is 0.435. The van der Waals surface area contributed by atoms with E-state index in [9.17, 15) is 14.5 Å². The van der Waals surface area contributed by atoms with Crippen molar-refractivity contribution in [3.05, 3.63) is 4.91 Å². The lowest BCUT2D eigenvalue weighted by molar-refractivity contribution is -0.131. The Hall–Kier alpha value is -1.06. The van der Waals surface area contributed by atoms with Crippen molar-refractivity contribution < 1.29 is 9.59 Å². The predicted octanol–water partition coefficient (Wildman–Crippen LogP) is 1.28. The van der Waals surface area contributed by atoms with Crippen molar-refractivity contribution in [3.8, 4) is 0 Å². The zero-order valence-corrected chi connectivity index (χ0v) is 6.88. The highest BCUT2D eigenvalue weighted by atomic mass is 16.3. The molecule has 62 valence electrons. The molecule has 0 aromatic heterocycles. The number of nitrogens with zero attached hydrogens (tertiary/aromatic N) is 1. The van der Waals surface area contributed by atoms with Crippen LogP contribution in [0.5, 0.6) is 0 Å². The van der Waals surface area contributed by atoms with Crippen molar-refractivity contribution in [2.75, 3.05) is 0 Å². The van der Waals surface area contributed by atoms with E-state index >= 15 is 0 Å². The third-order valence-corrected chi connectivity index (χ3v) is 1.25. The fraction of sp³-hybridized carbons (Fsp3) is 0.714. The van der Waals surface area contributed by atoms with E-state index in [0.717, 1.165) is 0 Å². The van der Waals surface area contributed by atoms with Crippen molar-refractivity contribution in [3.63, 3.8) is 0 Å². The number of hydrogen-bond donors (Lipinski definition) is 0. The molecule has 0 spiro atoms. The van der Waals surface area contributed by atoms with Gasteiger partial charge in [-0.05, 0) is 0 Å². The lowest BCUT2D eigenvalue weighted by Gasteiger charge is -2.14. The summed E-state index contributed by atoms with van der Waals surface area (Å²) in [6, 6.07) is 0. The fourth-order valence-electron chi connectivity index (χ4n) is 0.435. The quantitative estimate of drug-likeness (QED) is 0.448. The average molecular weight is 157 g/mol. The average Bonchev–Trinajstić information content (AvgIpc) is 1.85. The molecule has 0 aromatic rings. The second-order valence-electron chi connectivity index (χ2n) is 3.33. The summed E-state index contributed by atoms with van der Waals surface area (Å²) < 4.78 is 0. The number of rotatable bonds is 2. The van der Waals surface area contributed by atoms with Gasteiger partial charge in [0.05, 0.1) is 6.42 Å². The van der Waals surface area contributed by atoms with Crippen LogP contribution in [-0.4, -0.2) is 11.7 Å². The van der Waals surface area contributed by atoms with Gasteiger partial charge < -0.3 is 0 Å². The summed E-state index contributed by atoms with van der Waals surface area (Å²) in [4.78, 5) is 31.0. The molecule has 0 aliphatic rings. The maximum absolute atomic E-state index is 11.0. The molecule has 0 aliphatic heterocycles. The Morgan fingerprint density at radius 2 is 1.73 bits per heavy atom. The molecule has 0 saturated carbocycles. The minimum absolute atomic E-state index is 0.262. The Morgan fingerprint density at radius 3 is 2.00 bits per heavy atom. The molecule has 4 heteroatoms. The van der Waals surface area contributed by atoms with Crippen molar-refractivity contribution in [1.82, 2.24) is 0 Å². The number of Topliss-reactive ketones (excluding diaryl/α,β-unsaturated/α-hetero) is 1. The van der Waals surface area contributed by atoms with E-state index in [0.29, 0.717) is 0 Å². The maximum Gasteiger partial charge on any atom is 0.293 e. The van der Waals surface area contributed by atoms with E-state index in [1.54, 1.807) is 20.8 Å². The van der Waals surface area contributed by atoms with Crippen molar-refractivity contribution in [2.24, 2.45) is 10.6 Å². The van der Waals surface area contributed by atoms with Gasteiger partial charge in [-0.1, -0.05) is 20.8 Å². The van der Waals surface area contributed by atoms with Gasteiger partial charge in [0.1, 0.15) is 5.78 Å². The summed E-state index contributed by atoms with van der Waals surface area (Å²) in [6.07, 6.45) is -0.382. The monoisotopic (exact) mass is 157 g/mol. The van der Waals surface area contributed by atoms with Crippen LogP contribution >= 0.6 is 0 Å². The maximum atomic E-state index is 11.0. The van der Waals surface area contributed by atoms with E-state index in [2.05, 4.69) is 5.18 Å². The summed E-state index contributed by atoms with van der Waals surface area (Å²) in [7, 11) is 0. The summed E-state index contributed by atoms with van der Waals surface area (Å²) >= 11 is 0. The first kappa shape index (κ1) is 9.94. The van der Waals surface area contributed by atoms with Gasteiger partial charge in [-0.25, -0.2) is 0 Å². The van der Waals surface area contributed by atoms with Crippen molar-refractivity contribution in [1.29, 1.82) is 0 Å². The first-order chi connectivity index (χ1) is 4.88. The normalized spacial score (nSPS) is 10.8. The second kappa shape index (κ2) is 3.37. The Morgan fingerprint density at radius 1 is 1.27 bits per heavy atom. The standard InChI is InChI=1S/C7H11NO3/c1-7(2,3)5(9)4-6(10)8-11/h4H2,1-3H3. The van der Waals surface area contributed by atoms with Gasteiger partial charge in [0.25, 0.3) is 5.91 Å². The summed E-state index contributed by atoms with van der Waals surface area (Å²) in [6.45, 7) is 5.06. The third-order valence-electron chi connectivity index (χ3n) is 1.25. The molecule has 0 bridgehead atoms. The third kappa shape index (κ3) is 3.60. The van der Waals surface area contributed by atoms with Gasteiger partial charge in [-0.3, -0.25) is 9.59 Å². The smallest absolute Gasteiger partial charge is 0.293 e. The number of nitroso groups, excluding NO2 is 1. The van der Waals surface area contributed by atoms with Crippen molar-refractivity contribution >= 4 is 11.7 Å². The number of carbonyl (C=O) groups is 2. The van der Waals surface area contributed by atoms with Crippen LogP contribution in [-0.2, 0) is 9.59 Å². The highest BCUT2D eigenvalue weighted by Crippen LogP contribution is 2.16. The Kier molecular flexibility index (Phi) is 3.04. The number of hydrogen-bond acceptors (Lipinski definition) is 3. The topological polar surface area (TPSA) is 63.6 Å². The molecular weight excluding hydrogens is 146 g/mol. The Labute approximate surface area is 64.9 Å². The molecule has 0 fully saturated rings. The molecule has 0 N–H and O–H groups in total. The van der Waals surface area contributed by atoms with Crippen LogP contribution in [0.1, 0.15) is 27.2 Å². The minimum Gasteiger partial charge on any atom is -0.299 e. The van der Waals surface area contributed by atoms with Crippen LogP contribution in [0.15, 0.2) is 5.18 Å². The molecule has 0 rings (SSSR count). The van der Waals surface area contributed by atoms with Crippen LogP contribution in [0.3, 0.4) is 0 Å². The molecule has 0 saturated heterocycles. The van der Waals surface area contributed by atoms with E-state index in [4.69, 9.17) is 0 Å². The summed E-state index contributed by atoms with van der Waals surface area (Å²) in [5.41, 5.74) is -0.569. The molecule has 0 atom stereocenters. The number of ketones is 1. The Bertz CT molecular complexity index is 190. The highest BCUT2D eigenvalue weighted by molar-refractivity contribution is 6.00. The van der Waals surface area contributed by atoms with Gasteiger partial charge >= 0.3 is 0 Å². The van der Waals surface area contributed by atoms with Crippen LogP contribution < -0.4 is 0 Å². The first-order valence-electron chi connectivity index (χ1n) is 3.27. The van der Waals surface area contributed by atoms with Crippen molar-refractivity contribution in [2.45, 2.75) is 27.2 Å². The molecule has 0 unspecified atom stereocenters. The van der Waals surface area contributed by atoms with Gasteiger partial charge in [0.2, 0.25) is 0 Å². The first-order valence-corrected chi connectivity index (χ1v) is 3.27. The van der Waals surface area contributed by atoms with Gasteiger partial charge in [-0.15, -0.1) is 4.91 Å². The lowest BCUT2D eigenvalue weighted by Crippen LogP contribution is -2.22. The number of carbonyl (C=O) groups excluding carboxylic acids is 2. The largest absolute Gasteiger partial charge is 0.299 e. The number of amides is 1. The predicted molar refractivity (Wildman–Crippen MR) is 39.9 cm³/mol. The molecule has 1 amide bonds. The van der Waals surface area contributed by atoms with E-state index in [-0.39, 0.29) is 12.2 Å². The van der Waals surface area contributed by atoms with Crippen LogP contribution in [0, 0.1) is 10.3 Å². The lowest BCUT2D eigenvalue weighted by atomic mass is 9.89. The van der Waals surface area contributed by atoms with Crippen LogP contribution in [0.25, 0.3) is 0 Å². The molecular formula is C7H11NO3. The Balaban J connectivity index is 4.09. The summed E-state index contributed by atoms with van der Waals surface area (Å²) in [5, 5.41) is 2.13. The molecule has 0 aliphatic carbocycles. The minimum atomic E-state index is -0.898. The van der Waals surface area contributed by atoms with Gasteiger partial charge in [0.15, 0.2) is 0 Å². The molecule has 0 radical (unpaired) electrons. The zero-order chi connectivity index (χ0) is 9.07. The zero-order valence-electron chi connectivity index (χ0n) is 6.88. The molecule has 4 nitrogen and oxygen atoms in total. The van der Waals surface area contributed by atoms with Crippen LogP contribution in [0.4, 0.5) is 0 Å². The van der Waals surface area contributed by atoms with Gasteiger partial charge in [-0.2, -0.15) is 0 Å². The molecule has 0 heterocycles. The van der Waals surface area contributed by atoms with E-state index in [1.807, 2.05) is 0 Å². The summed E-state index contributed by atoms with van der Waals surface area (Å²) in [5.74, 6) is -1.16. The van der Waals surface area contributed by atoms with E-state index in [1.165, 1.54) is 0 Å². The highest BCUT2D eigenvalue weighted by Gasteiger charge is 2.23. The SMILES string of the molecule is CC(C)(C)C(=O)CC(=O)N=O. The van der Waals surface area contributed by atoms with E-state index < -0.39 is 11.3 Å². The van der Waals surface area contributed by atoms with Crippen LogP contribution in [0.2, 0.25) is 0 Å².